The number of rotatable bonds is 5. The first-order valence-corrected chi connectivity index (χ1v) is 13.5. The van der Waals surface area contributed by atoms with Gasteiger partial charge < -0.3 is 9.88 Å². The number of fused-ring (bicyclic) bond motifs is 1. The maximum absolute atomic E-state index is 15.1. The number of hydrogen-bond acceptors (Lipinski definition) is 3. The van der Waals surface area contributed by atoms with E-state index in [2.05, 4.69) is 5.32 Å². The summed E-state index contributed by atoms with van der Waals surface area (Å²) in [7, 11) is -0.854. The Labute approximate surface area is 185 Å². The number of nitrogens with one attached hydrogen (secondary N) is 1. The molecular weight excluding hydrogens is 401 g/mol. The highest BCUT2D eigenvalue weighted by Gasteiger charge is 2.43. The molecular formula is C26H32N3OP. The zero-order valence-electron chi connectivity index (χ0n) is 18.3. The van der Waals surface area contributed by atoms with Crippen LogP contribution in [-0.2, 0) is 18.0 Å². The predicted molar refractivity (Wildman–Crippen MR) is 129 cm³/mol. The van der Waals surface area contributed by atoms with Crippen LogP contribution in [0, 0.1) is 0 Å². The molecule has 2 aliphatic carbocycles. The molecule has 1 heterocycles. The minimum atomic E-state index is -2.89. The molecule has 0 bridgehead atoms. The Hall–Kier alpha value is -2.32. The minimum Gasteiger partial charge on any atom is -0.367 e. The molecule has 1 unspecified atom stereocenters. The lowest BCUT2D eigenvalue weighted by molar-refractivity contribution is 0.459. The summed E-state index contributed by atoms with van der Waals surface area (Å²) in [6.45, 7) is 0. The number of hydrogen-bond donors (Lipinski definition) is 1. The van der Waals surface area contributed by atoms with Crippen LogP contribution in [0.4, 0.5) is 5.82 Å². The van der Waals surface area contributed by atoms with Crippen molar-refractivity contribution in [2.45, 2.75) is 63.1 Å². The van der Waals surface area contributed by atoms with E-state index in [1.54, 1.807) is 0 Å². The molecule has 31 heavy (non-hydrogen) atoms. The van der Waals surface area contributed by atoms with E-state index in [1.807, 2.05) is 72.4 Å². The average molecular weight is 434 g/mol. The maximum Gasteiger partial charge on any atom is 0.150 e. The van der Waals surface area contributed by atoms with E-state index in [4.69, 9.17) is 5.10 Å². The minimum absolute atomic E-state index is 0.0409. The lowest BCUT2D eigenvalue weighted by Gasteiger charge is -2.33. The summed E-state index contributed by atoms with van der Waals surface area (Å²) < 4.78 is 17.1. The first kappa shape index (κ1) is 20.6. The molecule has 162 valence electrons. The quantitative estimate of drug-likeness (QED) is 0.536. The van der Waals surface area contributed by atoms with E-state index in [0.29, 0.717) is 6.04 Å². The summed E-state index contributed by atoms with van der Waals surface area (Å²) in [4.78, 5) is 0. The number of benzene rings is 2. The first-order valence-electron chi connectivity index (χ1n) is 11.7. The first-order chi connectivity index (χ1) is 15.2. The summed E-state index contributed by atoms with van der Waals surface area (Å²) in [5, 5.41) is 10.6. The van der Waals surface area contributed by atoms with E-state index >= 15 is 4.57 Å². The smallest absolute Gasteiger partial charge is 0.150 e. The van der Waals surface area contributed by atoms with Gasteiger partial charge in [0.15, 0.2) is 7.14 Å². The highest BCUT2D eigenvalue weighted by molar-refractivity contribution is 7.79. The number of aromatic nitrogens is 2. The average Bonchev–Trinajstić information content (AvgIpc) is 3.15. The van der Waals surface area contributed by atoms with Crippen molar-refractivity contribution in [3.63, 3.8) is 0 Å². The summed E-state index contributed by atoms with van der Waals surface area (Å²) in [6, 6.07) is 20.7. The second kappa shape index (κ2) is 8.67. The van der Waals surface area contributed by atoms with Crippen molar-refractivity contribution in [2.24, 2.45) is 7.05 Å². The standard InChI is InChI=1S/C26H32N3OP/c1-29-26(27-20-12-5-2-6-13-20)25-23(28-29)18-11-19-24(25)31(30,21-14-7-3-8-15-21)22-16-9-4-10-17-22/h3-4,7-10,14-17,20,24,27H,2,5-6,11-13,18-19H2,1H3. The molecule has 1 saturated carbocycles. The SMILES string of the molecule is Cn1nc2c(c1NC1CCCCC1)C(P(=O)(c1ccccc1)c1ccccc1)CCC2. The lowest BCUT2D eigenvalue weighted by Crippen LogP contribution is -2.27. The fraction of sp³-hybridized carbons (Fsp3) is 0.423. The molecule has 5 heteroatoms. The van der Waals surface area contributed by atoms with Crippen molar-refractivity contribution in [1.82, 2.24) is 9.78 Å². The van der Waals surface area contributed by atoms with Crippen LogP contribution in [-0.4, -0.2) is 15.8 Å². The van der Waals surface area contributed by atoms with Crippen LogP contribution in [0.3, 0.4) is 0 Å². The van der Waals surface area contributed by atoms with Gasteiger partial charge in [-0.3, -0.25) is 4.68 Å². The molecule has 0 radical (unpaired) electrons. The van der Waals surface area contributed by atoms with Crippen LogP contribution in [0.5, 0.6) is 0 Å². The van der Waals surface area contributed by atoms with Crippen molar-refractivity contribution in [3.8, 4) is 0 Å². The molecule has 0 amide bonds. The lowest BCUT2D eigenvalue weighted by atomic mass is 9.94. The molecule has 4 nitrogen and oxygen atoms in total. The molecule has 1 N–H and O–H groups in total. The van der Waals surface area contributed by atoms with Crippen molar-refractivity contribution < 1.29 is 4.57 Å². The van der Waals surface area contributed by atoms with Gasteiger partial charge in [-0.05, 0) is 32.1 Å². The van der Waals surface area contributed by atoms with E-state index in [0.717, 1.165) is 41.4 Å². The van der Waals surface area contributed by atoms with Crippen LogP contribution in [0.15, 0.2) is 60.7 Å². The Morgan fingerprint density at radius 1 is 0.871 bits per heavy atom. The second-order valence-corrected chi connectivity index (χ2v) is 12.0. The van der Waals surface area contributed by atoms with Gasteiger partial charge in [-0.2, -0.15) is 5.10 Å². The molecule has 0 spiro atoms. The Kier molecular flexibility index (Phi) is 5.75. The number of anilines is 1. The third-order valence-electron chi connectivity index (χ3n) is 7.05. The van der Waals surface area contributed by atoms with Crippen LogP contribution in [0.25, 0.3) is 0 Å². The molecule has 3 aromatic rings. The van der Waals surface area contributed by atoms with Crippen LogP contribution >= 0.6 is 7.14 Å². The molecule has 1 aromatic heterocycles. The van der Waals surface area contributed by atoms with Gasteiger partial charge in [-0.25, -0.2) is 0 Å². The Balaban J connectivity index is 1.64. The summed E-state index contributed by atoms with van der Waals surface area (Å²) in [5.41, 5.74) is 2.29. The Bertz CT molecular complexity index is 1030. The van der Waals surface area contributed by atoms with Gasteiger partial charge in [0.2, 0.25) is 0 Å². The summed E-state index contributed by atoms with van der Waals surface area (Å²) >= 11 is 0. The zero-order chi connectivity index (χ0) is 21.3. The van der Waals surface area contributed by atoms with Gasteiger partial charge in [0, 0.05) is 29.3 Å². The molecule has 1 atom stereocenters. The van der Waals surface area contributed by atoms with Crippen molar-refractivity contribution in [2.75, 3.05) is 5.32 Å². The second-order valence-electron chi connectivity index (χ2n) is 9.05. The molecule has 0 saturated heterocycles. The van der Waals surface area contributed by atoms with E-state index in [-0.39, 0.29) is 5.66 Å². The Morgan fingerprint density at radius 3 is 2.10 bits per heavy atom. The van der Waals surface area contributed by atoms with Crippen LogP contribution in [0.2, 0.25) is 0 Å². The number of aryl methyl sites for hydroxylation is 2. The van der Waals surface area contributed by atoms with Gasteiger partial charge in [0.1, 0.15) is 5.82 Å². The van der Waals surface area contributed by atoms with Gasteiger partial charge in [-0.1, -0.05) is 79.9 Å². The fourth-order valence-electron chi connectivity index (χ4n) is 5.52. The topological polar surface area (TPSA) is 46.9 Å². The van der Waals surface area contributed by atoms with Crippen molar-refractivity contribution >= 4 is 23.6 Å². The van der Waals surface area contributed by atoms with Crippen LogP contribution < -0.4 is 15.9 Å². The van der Waals surface area contributed by atoms with Gasteiger partial charge in [-0.15, -0.1) is 0 Å². The van der Waals surface area contributed by atoms with E-state index in [1.165, 1.54) is 37.7 Å². The molecule has 5 rings (SSSR count). The largest absolute Gasteiger partial charge is 0.367 e. The molecule has 2 aliphatic rings. The van der Waals surface area contributed by atoms with E-state index in [9.17, 15) is 0 Å². The summed E-state index contributed by atoms with van der Waals surface area (Å²) in [6.07, 6.45) is 9.25. The zero-order valence-corrected chi connectivity index (χ0v) is 19.2. The maximum atomic E-state index is 15.1. The Morgan fingerprint density at radius 2 is 1.48 bits per heavy atom. The highest BCUT2D eigenvalue weighted by Crippen LogP contribution is 2.62. The summed E-state index contributed by atoms with van der Waals surface area (Å²) in [5.74, 6) is 1.10. The fourth-order valence-corrected chi connectivity index (χ4v) is 8.95. The van der Waals surface area contributed by atoms with Gasteiger partial charge in [0.05, 0.1) is 11.4 Å². The third-order valence-corrected chi connectivity index (χ3v) is 10.6. The monoisotopic (exact) mass is 433 g/mol. The van der Waals surface area contributed by atoms with E-state index < -0.39 is 7.14 Å². The van der Waals surface area contributed by atoms with Gasteiger partial charge >= 0.3 is 0 Å². The molecule has 1 fully saturated rings. The molecule has 0 aliphatic heterocycles. The third kappa shape index (κ3) is 3.76. The van der Waals surface area contributed by atoms with Crippen molar-refractivity contribution in [3.05, 3.63) is 71.9 Å². The van der Waals surface area contributed by atoms with Gasteiger partial charge in [0.25, 0.3) is 0 Å². The van der Waals surface area contributed by atoms with Crippen molar-refractivity contribution in [1.29, 1.82) is 0 Å². The molecule has 2 aromatic carbocycles. The highest BCUT2D eigenvalue weighted by atomic mass is 31.2. The normalized spacial score (nSPS) is 19.7. The predicted octanol–water partition coefficient (Wildman–Crippen LogP) is 5.56. The van der Waals surface area contributed by atoms with Crippen LogP contribution in [0.1, 0.15) is 61.9 Å². The number of nitrogens with zero attached hydrogens (tertiary/aromatic N) is 2.